The van der Waals surface area contributed by atoms with Gasteiger partial charge in [-0.1, -0.05) is 0 Å². The minimum absolute atomic E-state index is 0.374. The largest absolute Gasteiger partial charge is 0.309 e. The lowest BCUT2D eigenvalue weighted by atomic mass is 9.75. The monoisotopic (exact) mass is 328 g/mol. The van der Waals surface area contributed by atoms with Crippen molar-refractivity contribution >= 4 is 15.9 Å². The van der Waals surface area contributed by atoms with Gasteiger partial charge in [0.25, 0.3) is 0 Å². The van der Waals surface area contributed by atoms with Crippen molar-refractivity contribution in [3.8, 4) is 0 Å². The highest BCUT2D eigenvalue weighted by molar-refractivity contribution is 9.10. The van der Waals surface area contributed by atoms with E-state index >= 15 is 0 Å². The Kier molecular flexibility index (Phi) is 4.69. The Hall–Kier alpha value is -0.390. The van der Waals surface area contributed by atoms with Crippen LogP contribution >= 0.6 is 15.9 Å². The number of hydrogen-bond donors (Lipinski definition) is 1. The fraction of sp³-hybridized carbons (Fsp3) is 0.786. The zero-order valence-electron chi connectivity index (χ0n) is 12.5. The second-order valence-corrected chi connectivity index (χ2v) is 6.53. The van der Waals surface area contributed by atoms with Gasteiger partial charge in [-0.3, -0.25) is 4.68 Å². The Bertz CT molecular complexity index is 435. The van der Waals surface area contributed by atoms with Gasteiger partial charge in [0.15, 0.2) is 0 Å². The highest BCUT2D eigenvalue weighted by Gasteiger charge is 2.38. The summed E-state index contributed by atoms with van der Waals surface area (Å²) in [6.07, 6.45) is 3.97. The molecule has 5 heteroatoms. The van der Waals surface area contributed by atoms with Crippen LogP contribution in [0.15, 0.2) is 4.47 Å². The van der Waals surface area contributed by atoms with Crippen molar-refractivity contribution < 1.29 is 0 Å². The van der Waals surface area contributed by atoms with E-state index in [-0.39, 0.29) is 0 Å². The van der Waals surface area contributed by atoms with E-state index in [2.05, 4.69) is 56.9 Å². The molecule has 1 heterocycles. The zero-order valence-corrected chi connectivity index (χ0v) is 14.0. The molecular formula is C14H25BrN4. The van der Waals surface area contributed by atoms with E-state index < -0.39 is 0 Å². The quantitative estimate of drug-likeness (QED) is 0.871. The lowest BCUT2D eigenvalue weighted by molar-refractivity contribution is 0.0596. The molecule has 4 nitrogen and oxygen atoms in total. The van der Waals surface area contributed by atoms with Crippen LogP contribution in [0.3, 0.4) is 0 Å². The molecular weight excluding hydrogens is 304 g/mol. The molecule has 0 bridgehead atoms. The third kappa shape index (κ3) is 2.88. The Morgan fingerprint density at radius 3 is 2.58 bits per heavy atom. The van der Waals surface area contributed by atoms with Gasteiger partial charge in [0, 0.05) is 25.2 Å². The first-order chi connectivity index (χ1) is 9.00. The number of aryl methyl sites for hydroxylation is 2. The van der Waals surface area contributed by atoms with Crippen molar-refractivity contribution in [1.82, 2.24) is 20.0 Å². The highest BCUT2D eigenvalue weighted by Crippen LogP contribution is 2.35. The first-order valence-electron chi connectivity index (χ1n) is 7.10. The van der Waals surface area contributed by atoms with Gasteiger partial charge in [-0.2, -0.15) is 5.10 Å². The van der Waals surface area contributed by atoms with Gasteiger partial charge in [-0.05, 0) is 63.1 Å². The van der Waals surface area contributed by atoms with Gasteiger partial charge >= 0.3 is 0 Å². The van der Waals surface area contributed by atoms with E-state index in [9.17, 15) is 0 Å². The number of aromatic nitrogens is 2. The number of nitrogens with one attached hydrogen (secondary N) is 1. The van der Waals surface area contributed by atoms with Crippen molar-refractivity contribution in [3.05, 3.63) is 15.9 Å². The van der Waals surface area contributed by atoms with Gasteiger partial charge in [0.2, 0.25) is 0 Å². The summed E-state index contributed by atoms with van der Waals surface area (Å²) in [7, 11) is 4.38. The van der Waals surface area contributed by atoms with E-state index in [1.54, 1.807) is 0 Å². The molecule has 1 aromatic rings. The molecule has 1 fully saturated rings. The first kappa shape index (κ1) is 15.0. The lowest BCUT2D eigenvalue weighted by Crippen LogP contribution is -2.56. The van der Waals surface area contributed by atoms with Crippen LogP contribution in [0.25, 0.3) is 0 Å². The van der Waals surface area contributed by atoms with Gasteiger partial charge in [-0.15, -0.1) is 0 Å². The van der Waals surface area contributed by atoms with Gasteiger partial charge in [0.05, 0.1) is 15.9 Å². The topological polar surface area (TPSA) is 33.1 Å². The normalized spacial score (nSPS) is 17.8. The van der Waals surface area contributed by atoms with E-state index in [1.165, 1.54) is 25.0 Å². The smallest absolute Gasteiger partial charge is 0.0739 e. The number of likely N-dealkylation sites (N-methyl/N-ethyl adjacent to an activating group) is 1. The first-order valence-corrected chi connectivity index (χ1v) is 7.89. The second-order valence-electron chi connectivity index (χ2n) is 5.74. The lowest BCUT2D eigenvalue weighted by Gasteiger charge is -2.47. The van der Waals surface area contributed by atoms with Crippen molar-refractivity contribution in [2.45, 2.75) is 51.7 Å². The van der Waals surface area contributed by atoms with Crippen LogP contribution in [0, 0.1) is 6.92 Å². The fourth-order valence-electron chi connectivity index (χ4n) is 2.82. The van der Waals surface area contributed by atoms with E-state index in [0.717, 1.165) is 29.8 Å². The summed E-state index contributed by atoms with van der Waals surface area (Å²) in [5.41, 5.74) is 2.70. The summed E-state index contributed by atoms with van der Waals surface area (Å²) < 4.78 is 3.23. The number of halogens is 1. The summed E-state index contributed by atoms with van der Waals surface area (Å²) in [5, 5.41) is 8.15. The Labute approximate surface area is 124 Å². The maximum Gasteiger partial charge on any atom is 0.0739 e. The predicted octanol–water partition coefficient (Wildman–Crippen LogP) is 2.55. The van der Waals surface area contributed by atoms with Gasteiger partial charge in [0.1, 0.15) is 0 Å². The molecule has 0 aromatic carbocycles. The third-order valence-corrected chi connectivity index (χ3v) is 5.46. The average molecular weight is 329 g/mol. The van der Waals surface area contributed by atoms with Crippen molar-refractivity contribution in [2.24, 2.45) is 0 Å². The number of hydrogen-bond acceptors (Lipinski definition) is 3. The van der Waals surface area contributed by atoms with Crippen molar-refractivity contribution in [3.63, 3.8) is 0 Å². The molecule has 108 valence electrons. The average Bonchev–Trinajstić information content (AvgIpc) is 2.59. The summed E-state index contributed by atoms with van der Waals surface area (Å²) >= 11 is 3.65. The SMILES string of the molecule is CCn1nc(C)c(Br)c1CNCC1(N(C)C)CCC1. The third-order valence-electron chi connectivity index (χ3n) is 4.43. The minimum Gasteiger partial charge on any atom is -0.309 e. The second kappa shape index (κ2) is 5.94. The Morgan fingerprint density at radius 2 is 2.11 bits per heavy atom. The standard InChI is InChI=1S/C14H25BrN4/c1-5-19-12(13(15)11(2)17-19)9-16-10-14(18(3)4)7-6-8-14/h16H,5-10H2,1-4H3. The van der Waals surface area contributed by atoms with E-state index in [1.807, 2.05) is 6.92 Å². The van der Waals surface area contributed by atoms with Crippen molar-refractivity contribution in [1.29, 1.82) is 0 Å². The van der Waals surface area contributed by atoms with Crippen molar-refractivity contribution in [2.75, 3.05) is 20.6 Å². The Morgan fingerprint density at radius 1 is 1.42 bits per heavy atom. The van der Waals surface area contributed by atoms with Crippen LogP contribution < -0.4 is 5.32 Å². The molecule has 0 radical (unpaired) electrons. The molecule has 1 aromatic heterocycles. The van der Waals surface area contributed by atoms with Gasteiger partial charge < -0.3 is 10.2 Å². The summed E-state index contributed by atoms with van der Waals surface area (Å²) in [4.78, 5) is 2.38. The zero-order chi connectivity index (χ0) is 14.0. The van der Waals surface area contributed by atoms with Gasteiger partial charge in [-0.25, -0.2) is 0 Å². The molecule has 2 rings (SSSR count). The molecule has 0 atom stereocenters. The summed E-state index contributed by atoms with van der Waals surface area (Å²) in [6, 6.07) is 0. The van der Waals surface area contributed by atoms with E-state index in [4.69, 9.17) is 0 Å². The molecule has 0 amide bonds. The van der Waals surface area contributed by atoms with Crippen LogP contribution in [0.2, 0.25) is 0 Å². The molecule has 1 saturated carbocycles. The minimum atomic E-state index is 0.374. The molecule has 0 saturated heterocycles. The predicted molar refractivity (Wildman–Crippen MR) is 82.3 cm³/mol. The Balaban J connectivity index is 1.96. The maximum atomic E-state index is 4.53. The number of rotatable bonds is 6. The van der Waals surface area contributed by atoms with Crippen LogP contribution in [-0.4, -0.2) is 40.9 Å². The van der Waals surface area contributed by atoms with Crippen LogP contribution in [0.5, 0.6) is 0 Å². The van der Waals surface area contributed by atoms with Crippen LogP contribution in [0.1, 0.15) is 37.6 Å². The molecule has 1 aliphatic rings. The molecule has 1 N–H and O–H groups in total. The summed E-state index contributed by atoms with van der Waals surface area (Å²) in [6.45, 7) is 7.04. The highest BCUT2D eigenvalue weighted by atomic mass is 79.9. The maximum absolute atomic E-state index is 4.53. The van der Waals surface area contributed by atoms with E-state index in [0.29, 0.717) is 5.54 Å². The molecule has 0 spiro atoms. The summed E-state index contributed by atoms with van der Waals surface area (Å²) in [5.74, 6) is 0. The molecule has 0 aliphatic heterocycles. The fourth-order valence-corrected chi connectivity index (χ4v) is 3.24. The van der Waals surface area contributed by atoms with Crippen LogP contribution in [0.4, 0.5) is 0 Å². The molecule has 1 aliphatic carbocycles. The van der Waals surface area contributed by atoms with Crippen LogP contribution in [-0.2, 0) is 13.1 Å². The molecule has 0 unspecified atom stereocenters. The number of nitrogens with zero attached hydrogens (tertiary/aromatic N) is 3. The molecule has 19 heavy (non-hydrogen) atoms.